The van der Waals surface area contributed by atoms with Gasteiger partial charge >= 0.3 is 5.97 Å². The van der Waals surface area contributed by atoms with Crippen LogP contribution in [-0.2, 0) is 9.53 Å². The Bertz CT molecular complexity index is 359. The number of esters is 1. The number of ether oxygens (including phenoxy) is 1. The first kappa shape index (κ1) is 12.4. The molecule has 5 heteroatoms. The molecule has 0 aliphatic rings. The molecule has 15 heavy (non-hydrogen) atoms. The quantitative estimate of drug-likeness (QED) is 0.482. The fourth-order valence-electron chi connectivity index (χ4n) is 0.904. The number of carbonyl (C=O) groups excluding carboxylic acids is 2. The van der Waals surface area contributed by atoms with Gasteiger partial charge in [0.05, 0.1) is 0 Å². The predicted octanol–water partition coefficient (Wildman–Crippen LogP) is 2.57. The van der Waals surface area contributed by atoms with E-state index in [2.05, 4.69) is 31.9 Å². The second-order valence-corrected chi connectivity index (χ2v) is 4.20. The highest BCUT2D eigenvalue weighted by Crippen LogP contribution is 2.11. The van der Waals surface area contributed by atoms with Crippen LogP contribution in [0.25, 0.3) is 0 Å². The molecule has 1 aromatic rings. The van der Waals surface area contributed by atoms with E-state index in [-0.39, 0.29) is 17.7 Å². The summed E-state index contributed by atoms with van der Waals surface area (Å²) in [5.74, 6) is -0.655. The lowest BCUT2D eigenvalue weighted by Gasteiger charge is -2.02. The predicted molar refractivity (Wildman–Crippen MR) is 63.2 cm³/mol. The molecule has 0 heterocycles. The minimum absolute atomic E-state index is 0.0978. The maximum atomic E-state index is 11.5. The van der Waals surface area contributed by atoms with Gasteiger partial charge in [0, 0.05) is 10.0 Å². The van der Waals surface area contributed by atoms with E-state index < -0.39 is 5.97 Å². The molecule has 0 amide bonds. The lowest BCUT2D eigenvalue weighted by molar-refractivity contribution is -0.139. The highest BCUT2D eigenvalue weighted by molar-refractivity contribution is 9.10. The molecule has 1 aromatic carbocycles. The minimum atomic E-state index is -0.444. The van der Waals surface area contributed by atoms with Gasteiger partial charge in [0.25, 0.3) is 0 Å². The summed E-state index contributed by atoms with van der Waals surface area (Å²) < 4.78 is 5.59. The third-order valence-corrected chi connectivity index (χ3v) is 2.63. The van der Waals surface area contributed by atoms with Crippen LogP contribution in [0.4, 0.5) is 0 Å². The van der Waals surface area contributed by atoms with Gasteiger partial charge in [-0.3, -0.25) is 9.59 Å². The first-order valence-corrected chi connectivity index (χ1v) is 6.05. The number of hydrogen-bond donors (Lipinski definition) is 0. The van der Waals surface area contributed by atoms with Crippen LogP contribution in [0.2, 0.25) is 0 Å². The SMILES string of the molecule is O=C(CBr)OCC(=O)c1ccc(Br)cc1. The van der Waals surface area contributed by atoms with E-state index in [0.717, 1.165) is 4.47 Å². The van der Waals surface area contributed by atoms with E-state index >= 15 is 0 Å². The van der Waals surface area contributed by atoms with Crippen molar-refractivity contribution < 1.29 is 14.3 Å². The van der Waals surface area contributed by atoms with Crippen molar-refractivity contribution in [3.05, 3.63) is 34.3 Å². The van der Waals surface area contributed by atoms with Crippen LogP contribution in [-0.4, -0.2) is 23.7 Å². The molecule has 0 saturated heterocycles. The molecule has 1 rings (SSSR count). The van der Waals surface area contributed by atoms with E-state index in [9.17, 15) is 9.59 Å². The molecule has 0 bridgehead atoms. The second kappa shape index (κ2) is 6.02. The summed E-state index contributed by atoms with van der Waals surface area (Å²) in [5.41, 5.74) is 0.528. The van der Waals surface area contributed by atoms with Crippen LogP contribution in [0.5, 0.6) is 0 Å². The molecule has 0 spiro atoms. The van der Waals surface area contributed by atoms with Crippen molar-refractivity contribution in [2.45, 2.75) is 0 Å². The molecule has 3 nitrogen and oxygen atoms in total. The Morgan fingerprint density at radius 2 is 1.80 bits per heavy atom. The van der Waals surface area contributed by atoms with E-state index in [1.807, 2.05) is 0 Å². The molecule has 0 aliphatic carbocycles. The lowest BCUT2D eigenvalue weighted by atomic mass is 10.1. The maximum absolute atomic E-state index is 11.5. The van der Waals surface area contributed by atoms with E-state index in [4.69, 9.17) is 4.74 Å². The summed E-state index contributed by atoms with van der Waals surface area (Å²) in [5, 5.41) is 0.0978. The average Bonchev–Trinajstić information content (AvgIpc) is 2.26. The monoisotopic (exact) mass is 334 g/mol. The zero-order valence-electron chi connectivity index (χ0n) is 7.70. The molecule has 0 atom stereocenters. The number of Topliss-reactive ketones (excluding diaryl/α,β-unsaturated/α-hetero) is 1. The number of alkyl halides is 1. The second-order valence-electron chi connectivity index (χ2n) is 2.72. The number of benzene rings is 1. The van der Waals surface area contributed by atoms with Gasteiger partial charge in [-0.1, -0.05) is 44.0 Å². The van der Waals surface area contributed by atoms with Crippen molar-refractivity contribution in [3.63, 3.8) is 0 Å². The summed E-state index contributed by atoms with van der Waals surface area (Å²) >= 11 is 6.20. The van der Waals surface area contributed by atoms with Gasteiger partial charge in [-0.15, -0.1) is 0 Å². The molecular formula is C10H8Br2O3. The van der Waals surface area contributed by atoms with Crippen molar-refractivity contribution >= 4 is 43.6 Å². The standard InChI is InChI=1S/C10H8Br2O3/c11-5-10(14)15-6-9(13)7-1-3-8(12)4-2-7/h1-4H,5-6H2. The number of halogens is 2. The molecule has 0 aliphatic heterocycles. The molecule has 0 N–H and O–H groups in total. The number of ketones is 1. The van der Waals surface area contributed by atoms with Crippen LogP contribution in [0, 0.1) is 0 Å². The minimum Gasteiger partial charge on any atom is -0.457 e. The summed E-state index contributed by atoms with van der Waals surface area (Å²) in [6.45, 7) is -0.216. The highest BCUT2D eigenvalue weighted by atomic mass is 79.9. The smallest absolute Gasteiger partial charge is 0.317 e. The molecule has 0 saturated carbocycles. The zero-order chi connectivity index (χ0) is 11.3. The Morgan fingerprint density at radius 3 is 2.33 bits per heavy atom. The average molecular weight is 336 g/mol. The van der Waals surface area contributed by atoms with Crippen molar-refractivity contribution in [1.82, 2.24) is 0 Å². The number of rotatable bonds is 4. The normalized spacial score (nSPS) is 9.73. The van der Waals surface area contributed by atoms with E-state index in [0.29, 0.717) is 5.56 Å². The van der Waals surface area contributed by atoms with Crippen LogP contribution >= 0.6 is 31.9 Å². The van der Waals surface area contributed by atoms with Gasteiger partial charge in [-0.25, -0.2) is 0 Å². The van der Waals surface area contributed by atoms with E-state index in [1.165, 1.54) is 0 Å². The Morgan fingerprint density at radius 1 is 1.20 bits per heavy atom. The summed E-state index contributed by atoms with van der Waals surface area (Å²) in [6, 6.07) is 6.88. The Labute approximate surface area is 104 Å². The van der Waals surface area contributed by atoms with Crippen molar-refractivity contribution in [3.8, 4) is 0 Å². The van der Waals surface area contributed by atoms with Gasteiger partial charge in [0.2, 0.25) is 0 Å². The van der Waals surface area contributed by atoms with Gasteiger partial charge < -0.3 is 4.74 Å². The van der Waals surface area contributed by atoms with Crippen molar-refractivity contribution in [1.29, 1.82) is 0 Å². The van der Waals surface area contributed by atoms with Crippen LogP contribution in [0.1, 0.15) is 10.4 Å². The summed E-state index contributed by atoms with van der Waals surface area (Å²) in [7, 11) is 0. The topological polar surface area (TPSA) is 43.4 Å². The zero-order valence-corrected chi connectivity index (χ0v) is 10.9. The lowest BCUT2D eigenvalue weighted by Crippen LogP contribution is -2.14. The van der Waals surface area contributed by atoms with Gasteiger partial charge in [0.15, 0.2) is 12.4 Å². The fourth-order valence-corrected chi connectivity index (χ4v) is 1.33. The van der Waals surface area contributed by atoms with Crippen LogP contribution in [0.15, 0.2) is 28.7 Å². The molecule has 0 unspecified atom stereocenters. The molecule has 80 valence electrons. The molecule has 0 fully saturated rings. The van der Waals surface area contributed by atoms with Crippen molar-refractivity contribution in [2.75, 3.05) is 11.9 Å². The Balaban J connectivity index is 2.54. The third-order valence-electron chi connectivity index (χ3n) is 1.64. The number of hydrogen-bond acceptors (Lipinski definition) is 3. The first-order chi connectivity index (χ1) is 7.13. The molecule has 0 radical (unpaired) electrons. The maximum Gasteiger partial charge on any atom is 0.317 e. The Kier molecular flexibility index (Phi) is 4.98. The largest absolute Gasteiger partial charge is 0.457 e. The van der Waals surface area contributed by atoms with Crippen molar-refractivity contribution in [2.24, 2.45) is 0 Å². The summed E-state index contributed by atoms with van der Waals surface area (Å²) in [6.07, 6.45) is 0. The number of carbonyl (C=O) groups is 2. The van der Waals surface area contributed by atoms with Gasteiger partial charge in [-0.2, -0.15) is 0 Å². The Hall–Kier alpha value is -0.680. The van der Waals surface area contributed by atoms with Crippen LogP contribution in [0.3, 0.4) is 0 Å². The van der Waals surface area contributed by atoms with E-state index in [1.54, 1.807) is 24.3 Å². The molecule has 0 aromatic heterocycles. The first-order valence-electron chi connectivity index (χ1n) is 4.14. The van der Waals surface area contributed by atoms with Gasteiger partial charge in [0.1, 0.15) is 5.33 Å². The highest BCUT2D eigenvalue weighted by Gasteiger charge is 2.08. The van der Waals surface area contributed by atoms with Gasteiger partial charge in [-0.05, 0) is 12.1 Å². The third kappa shape index (κ3) is 4.13. The van der Waals surface area contributed by atoms with Crippen LogP contribution < -0.4 is 0 Å². The molecular weight excluding hydrogens is 328 g/mol. The fraction of sp³-hybridized carbons (Fsp3) is 0.200. The summed E-state index contributed by atoms with van der Waals surface area (Å²) in [4.78, 5) is 22.2.